The number of nitrogens with zero attached hydrogens (tertiary/aromatic N) is 1. The Morgan fingerprint density at radius 1 is 1.14 bits per heavy atom. The van der Waals surface area contributed by atoms with Crippen LogP contribution in [0.15, 0.2) is 53.9 Å². The van der Waals surface area contributed by atoms with Crippen LogP contribution in [0, 0.1) is 5.82 Å². The number of ether oxygens (including phenoxy) is 2. The van der Waals surface area contributed by atoms with Gasteiger partial charge in [-0.25, -0.2) is 9.37 Å². The highest BCUT2D eigenvalue weighted by Gasteiger charge is 2.18. The Morgan fingerprint density at radius 2 is 1.83 bits per heavy atom. The minimum atomic E-state index is -0.620. The number of thiazole rings is 1. The zero-order valence-electron chi connectivity index (χ0n) is 16.4. The summed E-state index contributed by atoms with van der Waals surface area (Å²) in [5, 5.41) is 5.82. The van der Waals surface area contributed by atoms with E-state index in [1.165, 1.54) is 24.3 Å². The van der Waals surface area contributed by atoms with Gasteiger partial charge in [0.25, 0.3) is 5.91 Å². The molecule has 3 rings (SSSR count). The van der Waals surface area contributed by atoms with Gasteiger partial charge in [-0.3, -0.25) is 4.79 Å². The molecule has 1 N–H and O–H groups in total. The lowest BCUT2D eigenvalue weighted by Crippen LogP contribution is -2.38. The third-order valence-electron chi connectivity index (χ3n) is 4.32. The molecule has 0 radical (unpaired) electrons. The van der Waals surface area contributed by atoms with Crippen LogP contribution in [0.1, 0.15) is 19.0 Å². The topological polar surface area (TPSA) is 60.5 Å². The van der Waals surface area contributed by atoms with Crippen molar-refractivity contribution < 1.29 is 18.7 Å². The molecular weight excluding hydrogens is 391 g/mol. The molecule has 1 aromatic heterocycles. The zero-order chi connectivity index (χ0) is 20.6. The fourth-order valence-electron chi connectivity index (χ4n) is 2.72. The monoisotopic (exact) mass is 414 g/mol. The number of methoxy groups -OCH3 is 1. The predicted octanol–water partition coefficient (Wildman–Crippen LogP) is 4.47. The lowest BCUT2D eigenvalue weighted by Gasteiger charge is -2.17. The fraction of sp³-hybridized carbons (Fsp3) is 0.273. The first-order valence-corrected chi connectivity index (χ1v) is 10.3. The molecule has 7 heteroatoms. The van der Waals surface area contributed by atoms with Crippen LogP contribution < -0.4 is 14.8 Å². The maximum Gasteiger partial charge on any atom is 0.261 e. The third kappa shape index (κ3) is 5.77. The summed E-state index contributed by atoms with van der Waals surface area (Å²) in [7, 11) is 1.64. The highest BCUT2D eigenvalue weighted by atomic mass is 32.1. The van der Waals surface area contributed by atoms with Crippen LogP contribution in [0.5, 0.6) is 11.5 Å². The molecule has 152 valence electrons. The van der Waals surface area contributed by atoms with Crippen LogP contribution in [-0.4, -0.2) is 30.6 Å². The number of hydrogen-bond acceptors (Lipinski definition) is 5. The molecule has 1 heterocycles. The molecule has 1 atom stereocenters. The van der Waals surface area contributed by atoms with Gasteiger partial charge in [0.2, 0.25) is 0 Å². The van der Waals surface area contributed by atoms with Gasteiger partial charge >= 0.3 is 0 Å². The molecule has 0 unspecified atom stereocenters. The Hall–Kier alpha value is -2.93. The summed E-state index contributed by atoms with van der Waals surface area (Å²) in [6.45, 7) is 2.34. The number of benzene rings is 2. The first kappa shape index (κ1) is 20.8. The van der Waals surface area contributed by atoms with Crippen molar-refractivity contribution in [2.75, 3.05) is 13.7 Å². The second-order valence-corrected chi connectivity index (χ2v) is 7.24. The van der Waals surface area contributed by atoms with Crippen molar-refractivity contribution in [3.8, 4) is 22.1 Å². The lowest BCUT2D eigenvalue weighted by atomic mass is 10.2. The summed E-state index contributed by atoms with van der Waals surface area (Å²) in [6, 6.07) is 13.4. The molecule has 5 nitrogen and oxygen atoms in total. The van der Waals surface area contributed by atoms with Crippen molar-refractivity contribution in [2.45, 2.75) is 25.9 Å². The number of carbonyl (C=O) groups is 1. The molecule has 0 aliphatic heterocycles. The van der Waals surface area contributed by atoms with Crippen LogP contribution in [0.4, 0.5) is 4.39 Å². The van der Waals surface area contributed by atoms with E-state index in [4.69, 9.17) is 9.47 Å². The first-order valence-electron chi connectivity index (χ1n) is 9.37. The molecular formula is C22H23FN2O3S. The van der Waals surface area contributed by atoms with E-state index in [0.717, 1.165) is 22.0 Å². The van der Waals surface area contributed by atoms with E-state index in [9.17, 15) is 9.18 Å². The van der Waals surface area contributed by atoms with Gasteiger partial charge < -0.3 is 14.8 Å². The van der Waals surface area contributed by atoms with E-state index in [1.54, 1.807) is 18.4 Å². The number of amides is 1. The van der Waals surface area contributed by atoms with Crippen LogP contribution in [0.3, 0.4) is 0 Å². The van der Waals surface area contributed by atoms with Crippen LogP contribution in [0.2, 0.25) is 0 Å². The quantitative estimate of drug-likeness (QED) is 0.561. The summed E-state index contributed by atoms with van der Waals surface area (Å²) in [5.74, 6) is 0.744. The molecule has 0 saturated heterocycles. The Kier molecular flexibility index (Phi) is 7.19. The van der Waals surface area contributed by atoms with Gasteiger partial charge in [-0.05, 0) is 55.0 Å². The fourth-order valence-corrected chi connectivity index (χ4v) is 3.58. The predicted molar refractivity (Wildman–Crippen MR) is 112 cm³/mol. The average molecular weight is 415 g/mol. The van der Waals surface area contributed by atoms with Gasteiger partial charge in [0.1, 0.15) is 22.3 Å². The van der Waals surface area contributed by atoms with Gasteiger partial charge in [0, 0.05) is 23.9 Å². The standard InChI is InChI=1S/C22H23FN2O3S/c1-3-20(28-19-10-6-16(23)7-11-19)21(26)24-13-12-17-14-29-22(25-17)15-4-8-18(27-2)9-5-15/h4-11,14,20H,3,12-13H2,1-2H3,(H,24,26)/t20-/m1/s1. The van der Waals surface area contributed by atoms with Crippen molar-refractivity contribution >= 4 is 17.2 Å². The van der Waals surface area contributed by atoms with Crippen LogP contribution in [-0.2, 0) is 11.2 Å². The van der Waals surface area contributed by atoms with E-state index in [0.29, 0.717) is 25.1 Å². The number of rotatable bonds is 9. The van der Waals surface area contributed by atoms with Crippen LogP contribution >= 0.6 is 11.3 Å². The van der Waals surface area contributed by atoms with Crippen LogP contribution in [0.25, 0.3) is 10.6 Å². The van der Waals surface area contributed by atoms with Gasteiger partial charge in [-0.15, -0.1) is 11.3 Å². The van der Waals surface area contributed by atoms with E-state index in [-0.39, 0.29) is 11.7 Å². The SMILES string of the molecule is CC[C@@H](Oc1ccc(F)cc1)C(=O)NCCc1csc(-c2ccc(OC)cc2)n1. The van der Waals surface area contributed by atoms with Crippen molar-refractivity contribution in [3.63, 3.8) is 0 Å². The number of nitrogens with one attached hydrogen (secondary N) is 1. The lowest BCUT2D eigenvalue weighted by molar-refractivity contribution is -0.128. The highest BCUT2D eigenvalue weighted by Crippen LogP contribution is 2.25. The summed E-state index contributed by atoms with van der Waals surface area (Å²) in [4.78, 5) is 17.0. The molecule has 0 saturated carbocycles. The summed E-state index contributed by atoms with van der Waals surface area (Å²) in [5.41, 5.74) is 1.96. The summed E-state index contributed by atoms with van der Waals surface area (Å²) < 4.78 is 23.8. The second kappa shape index (κ2) is 10.0. The van der Waals surface area contributed by atoms with Crippen molar-refractivity contribution in [2.24, 2.45) is 0 Å². The zero-order valence-corrected chi connectivity index (χ0v) is 17.2. The normalized spacial score (nSPS) is 11.7. The van der Waals surface area contributed by atoms with E-state index in [2.05, 4.69) is 10.3 Å². The van der Waals surface area contributed by atoms with Gasteiger partial charge in [-0.2, -0.15) is 0 Å². The minimum Gasteiger partial charge on any atom is -0.497 e. The van der Waals surface area contributed by atoms with E-state index >= 15 is 0 Å². The molecule has 0 spiro atoms. The number of halogens is 1. The molecule has 0 aliphatic rings. The molecule has 1 amide bonds. The van der Waals surface area contributed by atoms with Crippen molar-refractivity contribution in [1.82, 2.24) is 10.3 Å². The third-order valence-corrected chi connectivity index (χ3v) is 5.26. The Morgan fingerprint density at radius 3 is 2.48 bits per heavy atom. The minimum absolute atomic E-state index is 0.192. The Bertz CT molecular complexity index is 926. The molecule has 0 fully saturated rings. The van der Waals surface area contributed by atoms with Gasteiger partial charge in [-0.1, -0.05) is 6.92 Å². The Balaban J connectivity index is 1.50. The van der Waals surface area contributed by atoms with Gasteiger partial charge in [0.05, 0.1) is 12.8 Å². The Labute approximate surface area is 173 Å². The number of carbonyl (C=O) groups excluding carboxylic acids is 1. The first-order chi connectivity index (χ1) is 14.1. The van der Waals surface area contributed by atoms with E-state index < -0.39 is 6.10 Å². The molecule has 0 aliphatic carbocycles. The van der Waals surface area contributed by atoms with Crippen molar-refractivity contribution in [1.29, 1.82) is 0 Å². The molecule has 2 aromatic carbocycles. The molecule has 0 bridgehead atoms. The molecule has 3 aromatic rings. The number of aromatic nitrogens is 1. The van der Waals surface area contributed by atoms with Gasteiger partial charge in [0.15, 0.2) is 6.10 Å². The maximum atomic E-state index is 13.0. The largest absolute Gasteiger partial charge is 0.497 e. The molecule has 29 heavy (non-hydrogen) atoms. The smallest absolute Gasteiger partial charge is 0.261 e. The average Bonchev–Trinajstić information content (AvgIpc) is 3.22. The summed E-state index contributed by atoms with van der Waals surface area (Å²) >= 11 is 1.57. The van der Waals surface area contributed by atoms with E-state index in [1.807, 2.05) is 36.6 Å². The second-order valence-electron chi connectivity index (χ2n) is 6.38. The maximum absolute atomic E-state index is 13.0. The summed E-state index contributed by atoms with van der Waals surface area (Å²) in [6.07, 6.45) is 0.526. The number of hydrogen-bond donors (Lipinski definition) is 1. The van der Waals surface area contributed by atoms with Crippen molar-refractivity contribution in [3.05, 3.63) is 65.4 Å². The highest BCUT2D eigenvalue weighted by molar-refractivity contribution is 7.13.